The summed E-state index contributed by atoms with van der Waals surface area (Å²) in [6.45, 7) is 0.0341. The van der Waals surface area contributed by atoms with Crippen LogP contribution in [0.4, 0.5) is 5.69 Å². The maximum absolute atomic E-state index is 13.2. The van der Waals surface area contributed by atoms with Gasteiger partial charge in [-0.3, -0.25) is 9.59 Å². The molecule has 0 bridgehead atoms. The Bertz CT molecular complexity index is 957. The molecule has 0 saturated carbocycles. The van der Waals surface area contributed by atoms with E-state index in [1.165, 1.54) is 13.2 Å². The Balaban J connectivity index is 2.11. The van der Waals surface area contributed by atoms with Crippen molar-refractivity contribution >= 4 is 46.3 Å². The molecule has 1 heterocycles. The fourth-order valence-electron chi connectivity index (χ4n) is 3.04. The van der Waals surface area contributed by atoms with Crippen LogP contribution in [-0.4, -0.2) is 49.1 Å². The summed E-state index contributed by atoms with van der Waals surface area (Å²) >= 11 is 12.1. The maximum atomic E-state index is 13.2. The second kappa shape index (κ2) is 8.22. The largest absolute Gasteiger partial charge is 0.495 e. The van der Waals surface area contributed by atoms with E-state index >= 15 is 0 Å². The predicted molar refractivity (Wildman–Crippen MR) is 109 cm³/mol. The Labute approximate surface area is 172 Å². The molecule has 0 radical (unpaired) electrons. The molecule has 6 nitrogen and oxygen atoms in total. The van der Waals surface area contributed by atoms with Gasteiger partial charge in [-0.2, -0.15) is 0 Å². The van der Waals surface area contributed by atoms with Crippen molar-refractivity contribution in [2.24, 2.45) is 0 Å². The quantitative estimate of drug-likeness (QED) is 0.726. The van der Waals surface area contributed by atoms with Gasteiger partial charge in [0.25, 0.3) is 11.8 Å². The number of halogens is 2. The molecule has 1 N–H and O–H groups in total. The summed E-state index contributed by atoms with van der Waals surface area (Å²) in [6, 6.07) is 11.4. The summed E-state index contributed by atoms with van der Waals surface area (Å²) in [4.78, 5) is 29.0. The Morgan fingerprint density at radius 3 is 2.32 bits per heavy atom. The van der Waals surface area contributed by atoms with Crippen LogP contribution in [0.5, 0.6) is 5.75 Å². The molecular weight excluding hydrogens is 403 g/mol. The highest BCUT2D eigenvalue weighted by molar-refractivity contribution is 6.45. The molecule has 3 rings (SSSR count). The number of anilines is 1. The number of carbonyl (C=O) groups excluding carboxylic acids is 2. The van der Waals surface area contributed by atoms with Gasteiger partial charge in [0.15, 0.2) is 0 Å². The number of likely N-dealkylation sites (N-methyl/N-ethyl adjacent to an activating group) is 1. The van der Waals surface area contributed by atoms with Crippen LogP contribution in [0, 0.1) is 0 Å². The van der Waals surface area contributed by atoms with E-state index in [2.05, 4.69) is 0 Å². The van der Waals surface area contributed by atoms with Gasteiger partial charge in [-0.05, 0) is 35.9 Å². The maximum Gasteiger partial charge on any atom is 0.282 e. The molecule has 1 aliphatic rings. The van der Waals surface area contributed by atoms with E-state index in [1.807, 2.05) is 0 Å². The number of aliphatic hydroxyl groups is 1. The van der Waals surface area contributed by atoms with E-state index in [9.17, 15) is 14.7 Å². The summed E-state index contributed by atoms with van der Waals surface area (Å²) in [5.74, 6) is -0.534. The molecule has 2 aromatic rings. The number of rotatable bonds is 6. The average Bonchev–Trinajstić information content (AvgIpc) is 2.93. The number of amides is 2. The lowest BCUT2D eigenvalue weighted by atomic mass is 10.0. The van der Waals surface area contributed by atoms with Gasteiger partial charge < -0.3 is 14.7 Å². The third-order valence-corrected chi connectivity index (χ3v) is 4.95. The van der Waals surface area contributed by atoms with E-state index in [0.29, 0.717) is 22.0 Å². The van der Waals surface area contributed by atoms with Crippen LogP contribution < -0.4 is 9.64 Å². The van der Waals surface area contributed by atoms with Crippen LogP contribution in [0.15, 0.2) is 48.2 Å². The first-order chi connectivity index (χ1) is 13.4. The molecule has 146 valence electrons. The molecule has 0 aliphatic carbocycles. The number of aliphatic hydroxyl groups excluding tert-OH is 1. The summed E-state index contributed by atoms with van der Waals surface area (Å²) in [5, 5.41) is 10.1. The first-order valence-corrected chi connectivity index (χ1v) is 9.19. The summed E-state index contributed by atoms with van der Waals surface area (Å²) in [6.07, 6.45) is 0. The molecule has 0 spiro atoms. The first-order valence-electron chi connectivity index (χ1n) is 8.43. The minimum Gasteiger partial charge on any atom is -0.495 e. The van der Waals surface area contributed by atoms with Crippen molar-refractivity contribution < 1.29 is 19.4 Å². The lowest BCUT2D eigenvalue weighted by Crippen LogP contribution is -2.34. The van der Waals surface area contributed by atoms with E-state index in [-0.39, 0.29) is 29.4 Å². The smallest absolute Gasteiger partial charge is 0.282 e. The van der Waals surface area contributed by atoms with E-state index in [0.717, 1.165) is 4.90 Å². The minimum absolute atomic E-state index is 0.163. The molecule has 1 aliphatic heterocycles. The fourth-order valence-corrected chi connectivity index (χ4v) is 3.42. The third kappa shape index (κ3) is 3.58. The van der Waals surface area contributed by atoms with Gasteiger partial charge in [0, 0.05) is 18.6 Å². The van der Waals surface area contributed by atoms with Crippen LogP contribution >= 0.6 is 23.2 Å². The number of carbonyl (C=O) groups is 2. The van der Waals surface area contributed by atoms with Crippen LogP contribution in [0.1, 0.15) is 5.56 Å². The molecule has 8 heteroatoms. The van der Waals surface area contributed by atoms with Gasteiger partial charge in [0.05, 0.1) is 30.0 Å². The molecule has 0 aromatic heterocycles. The highest BCUT2D eigenvalue weighted by atomic mass is 35.5. The summed E-state index contributed by atoms with van der Waals surface area (Å²) in [5.41, 5.74) is 1.34. The van der Waals surface area contributed by atoms with Crippen molar-refractivity contribution in [3.05, 3.63) is 63.8 Å². The second-order valence-corrected chi connectivity index (χ2v) is 6.98. The standard InChI is InChI=1S/C20H18Cl2N2O4/c1-23(9-10-25)18-17(12-3-5-13(21)6-4-12)19(26)24(20(18)27)14-7-8-16(28-2)15(22)11-14/h3-8,11,25H,9-10H2,1-2H3. The number of hydrogen-bond acceptors (Lipinski definition) is 5. The predicted octanol–water partition coefficient (Wildman–Crippen LogP) is 3.21. The highest BCUT2D eigenvalue weighted by Crippen LogP contribution is 2.37. The van der Waals surface area contributed by atoms with Gasteiger partial charge in [-0.25, -0.2) is 4.90 Å². The van der Waals surface area contributed by atoms with Crippen LogP contribution in [0.25, 0.3) is 5.57 Å². The normalized spacial score (nSPS) is 14.1. The topological polar surface area (TPSA) is 70.1 Å². The molecule has 2 aromatic carbocycles. The third-order valence-electron chi connectivity index (χ3n) is 4.40. The van der Waals surface area contributed by atoms with Crippen molar-refractivity contribution in [3.63, 3.8) is 0 Å². The Kier molecular flexibility index (Phi) is 5.93. The Morgan fingerprint density at radius 2 is 1.75 bits per heavy atom. The number of imide groups is 1. The van der Waals surface area contributed by atoms with Crippen molar-refractivity contribution in [2.75, 3.05) is 32.2 Å². The molecule has 28 heavy (non-hydrogen) atoms. The number of methoxy groups -OCH3 is 1. The molecule has 0 unspecified atom stereocenters. The van der Waals surface area contributed by atoms with Gasteiger partial charge >= 0.3 is 0 Å². The number of nitrogens with zero attached hydrogens (tertiary/aromatic N) is 2. The number of ether oxygens (including phenoxy) is 1. The fraction of sp³-hybridized carbons (Fsp3) is 0.200. The van der Waals surface area contributed by atoms with Gasteiger partial charge in [-0.15, -0.1) is 0 Å². The van der Waals surface area contributed by atoms with Crippen molar-refractivity contribution in [3.8, 4) is 5.75 Å². The molecule has 0 saturated heterocycles. The lowest BCUT2D eigenvalue weighted by Gasteiger charge is -2.20. The van der Waals surface area contributed by atoms with Crippen LogP contribution in [-0.2, 0) is 9.59 Å². The summed E-state index contributed by atoms with van der Waals surface area (Å²) < 4.78 is 5.13. The lowest BCUT2D eigenvalue weighted by molar-refractivity contribution is -0.120. The van der Waals surface area contributed by atoms with Gasteiger partial charge in [-0.1, -0.05) is 35.3 Å². The van der Waals surface area contributed by atoms with Crippen molar-refractivity contribution in [1.29, 1.82) is 0 Å². The molecule has 2 amide bonds. The van der Waals surface area contributed by atoms with Crippen LogP contribution in [0.3, 0.4) is 0 Å². The van der Waals surface area contributed by atoms with Gasteiger partial charge in [0.2, 0.25) is 0 Å². The average molecular weight is 421 g/mol. The Morgan fingerprint density at radius 1 is 1.07 bits per heavy atom. The second-order valence-electron chi connectivity index (χ2n) is 6.14. The zero-order valence-electron chi connectivity index (χ0n) is 15.3. The van der Waals surface area contributed by atoms with Gasteiger partial charge in [0.1, 0.15) is 11.4 Å². The molecular formula is C20H18Cl2N2O4. The number of hydrogen-bond donors (Lipinski definition) is 1. The van der Waals surface area contributed by atoms with Crippen molar-refractivity contribution in [1.82, 2.24) is 4.90 Å². The molecule has 0 atom stereocenters. The van der Waals surface area contributed by atoms with E-state index in [1.54, 1.807) is 48.3 Å². The van der Waals surface area contributed by atoms with Crippen LogP contribution in [0.2, 0.25) is 10.0 Å². The first kappa shape index (κ1) is 20.2. The Hall–Kier alpha value is -2.54. The monoisotopic (exact) mass is 420 g/mol. The zero-order valence-corrected chi connectivity index (χ0v) is 16.8. The van der Waals surface area contributed by atoms with Crippen molar-refractivity contribution in [2.45, 2.75) is 0 Å². The minimum atomic E-state index is -0.493. The SMILES string of the molecule is COc1ccc(N2C(=O)C(c3ccc(Cl)cc3)=C(N(C)CCO)C2=O)cc1Cl. The van der Waals surface area contributed by atoms with E-state index < -0.39 is 11.8 Å². The number of benzene rings is 2. The zero-order chi connectivity index (χ0) is 20.4. The van der Waals surface area contributed by atoms with E-state index in [4.69, 9.17) is 27.9 Å². The highest BCUT2D eigenvalue weighted by Gasteiger charge is 2.41. The molecule has 0 fully saturated rings. The summed E-state index contributed by atoms with van der Waals surface area (Å²) in [7, 11) is 3.13.